The van der Waals surface area contributed by atoms with Crippen LogP contribution < -0.4 is 0 Å². The molecule has 1 nitrogen and oxygen atoms in total. The summed E-state index contributed by atoms with van der Waals surface area (Å²) < 4.78 is 0. The third-order valence-corrected chi connectivity index (χ3v) is 1.28. The van der Waals surface area contributed by atoms with Crippen LogP contribution in [0.2, 0.25) is 0 Å². The molecule has 0 aromatic carbocycles. The van der Waals surface area contributed by atoms with E-state index in [-0.39, 0.29) is 0 Å². The standard InChI is InChI=1S/C7H9O/c8-7-5-3-1-2-4-6-7/h7H,1-3,5H2. The maximum atomic E-state index is 10.6. The number of hydrogen-bond acceptors (Lipinski definition) is 0. The van der Waals surface area contributed by atoms with Gasteiger partial charge in [0, 0.05) is 6.42 Å². The molecule has 1 heteroatoms. The van der Waals surface area contributed by atoms with E-state index in [0.29, 0.717) is 0 Å². The van der Waals surface area contributed by atoms with Crippen LogP contribution in [0.1, 0.15) is 25.7 Å². The molecule has 43 valence electrons. The molecule has 1 rings (SSSR count). The van der Waals surface area contributed by atoms with Gasteiger partial charge in [-0.3, -0.25) is 0 Å². The van der Waals surface area contributed by atoms with E-state index < -0.39 is 6.10 Å². The van der Waals surface area contributed by atoms with E-state index in [1.807, 2.05) is 0 Å². The highest BCUT2D eigenvalue weighted by atomic mass is 16.3. The summed E-state index contributed by atoms with van der Waals surface area (Å²) in [4.78, 5) is 0. The Bertz CT molecular complexity index is 118. The Balaban J connectivity index is 2.39. The summed E-state index contributed by atoms with van der Waals surface area (Å²) in [5, 5.41) is 10.6. The Kier molecular flexibility index (Phi) is 1.93. The lowest BCUT2D eigenvalue weighted by atomic mass is 10.2. The van der Waals surface area contributed by atoms with E-state index in [9.17, 15) is 5.11 Å². The zero-order valence-corrected chi connectivity index (χ0v) is 4.81. The van der Waals surface area contributed by atoms with Crippen LogP contribution in [0.25, 0.3) is 0 Å². The first kappa shape index (κ1) is 5.65. The van der Waals surface area contributed by atoms with Crippen molar-refractivity contribution < 1.29 is 5.11 Å². The summed E-state index contributed by atoms with van der Waals surface area (Å²) in [7, 11) is 0. The van der Waals surface area contributed by atoms with Crippen molar-refractivity contribution in [3.8, 4) is 11.8 Å². The quantitative estimate of drug-likeness (QED) is 0.418. The first-order chi connectivity index (χ1) is 3.89. The van der Waals surface area contributed by atoms with Gasteiger partial charge in [0.2, 0.25) is 0 Å². The molecule has 0 aliphatic heterocycles. The molecule has 1 atom stereocenters. The Morgan fingerprint density at radius 2 is 2.25 bits per heavy atom. The van der Waals surface area contributed by atoms with E-state index in [1.165, 1.54) is 0 Å². The zero-order valence-electron chi connectivity index (χ0n) is 4.81. The summed E-state index contributed by atoms with van der Waals surface area (Å²) in [5.41, 5.74) is 0. The van der Waals surface area contributed by atoms with E-state index in [4.69, 9.17) is 0 Å². The molecule has 0 amide bonds. The Hall–Kier alpha value is -0.480. The molecule has 0 heterocycles. The second kappa shape index (κ2) is 2.74. The van der Waals surface area contributed by atoms with Gasteiger partial charge in [0.05, 0.1) is 0 Å². The Morgan fingerprint density at radius 1 is 1.38 bits per heavy atom. The van der Waals surface area contributed by atoms with Crippen molar-refractivity contribution in [1.29, 1.82) is 0 Å². The predicted molar refractivity (Wildman–Crippen MR) is 30.7 cm³/mol. The van der Waals surface area contributed by atoms with Crippen LogP contribution in [0.3, 0.4) is 0 Å². The Morgan fingerprint density at radius 3 is 3.12 bits per heavy atom. The molecule has 1 aliphatic rings. The minimum Gasteiger partial charge on any atom is -0.219 e. The Labute approximate surface area is 49.7 Å². The van der Waals surface area contributed by atoms with Crippen LogP contribution in [0, 0.1) is 11.8 Å². The van der Waals surface area contributed by atoms with Crippen molar-refractivity contribution in [2.24, 2.45) is 0 Å². The highest BCUT2D eigenvalue weighted by Gasteiger charge is 2.02. The molecule has 0 saturated carbocycles. The third-order valence-electron chi connectivity index (χ3n) is 1.28. The SMILES string of the molecule is [O]C1C#CCCCC1. The molecule has 0 aromatic heterocycles. The predicted octanol–water partition coefficient (Wildman–Crippen LogP) is 1.36. The maximum absolute atomic E-state index is 10.6. The molecule has 1 unspecified atom stereocenters. The minimum atomic E-state index is -0.586. The molecule has 0 N–H and O–H groups in total. The van der Waals surface area contributed by atoms with Gasteiger partial charge < -0.3 is 0 Å². The fourth-order valence-electron chi connectivity index (χ4n) is 0.801. The third kappa shape index (κ3) is 1.55. The van der Waals surface area contributed by atoms with Crippen LogP contribution >= 0.6 is 0 Å². The van der Waals surface area contributed by atoms with Crippen LogP contribution in [0.4, 0.5) is 0 Å². The van der Waals surface area contributed by atoms with Crippen LogP contribution in [0.15, 0.2) is 0 Å². The first-order valence-corrected chi connectivity index (χ1v) is 3.04. The average Bonchev–Trinajstić information content (AvgIpc) is 1.94. The van der Waals surface area contributed by atoms with Gasteiger partial charge in [0.25, 0.3) is 0 Å². The molecular weight excluding hydrogens is 100 g/mol. The molecular formula is C7H9O. The van der Waals surface area contributed by atoms with Gasteiger partial charge in [0.1, 0.15) is 0 Å². The summed E-state index contributed by atoms with van der Waals surface area (Å²) >= 11 is 0. The van der Waals surface area contributed by atoms with E-state index in [0.717, 1.165) is 25.7 Å². The van der Waals surface area contributed by atoms with E-state index >= 15 is 0 Å². The summed E-state index contributed by atoms with van der Waals surface area (Å²) in [5.74, 6) is 5.47. The topological polar surface area (TPSA) is 19.9 Å². The zero-order chi connectivity index (χ0) is 5.82. The van der Waals surface area contributed by atoms with Crippen molar-refractivity contribution >= 4 is 0 Å². The highest BCUT2D eigenvalue weighted by Crippen LogP contribution is 2.05. The van der Waals surface area contributed by atoms with Crippen LogP contribution in [0.5, 0.6) is 0 Å². The summed E-state index contributed by atoms with van der Waals surface area (Å²) in [6.07, 6.45) is 3.27. The van der Waals surface area contributed by atoms with E-state index in [1.54, 1.807) is 0 Å². The lowest BCUT2D eigenvalue weighted by molar-refractivity contribution is 0.129. The van der Waals surface area contributed by atoms with E-state index in [2.05, 4.69) is 11.8 Å². The van der Waals surface area contributed by atoms with Gasteiger partial charge in [0.15, 0.2) is 6.10 Å². The number of rotatable bonds is 0. The highest BCUT2D eigenvalue weighted by molar-refractivity contribution is 5.05. The van der Waals surface area contributed by atoms with Gasteiger partial charge in [-0.2, -0.15) is 0 Å². The monoisotopic (exact) mass is 109 g/mol. The first-order valence-electron chi connectivity index (χ1n) is 3.04. The fourth-order valence-corrected chi connectivity index (χ4v) is 0.801. The van der Waals surface area contributed by atoms with Crippen molar-refractivity contribution in [2.45, 2.75) is 31.8 Å². The molecule has 0 saturated heterocycles. The second-order valence-corrected chi connectivity index (χ2v) is 2.06. The normalized spacial score (nSPS) is 27.9. The van der Waals surface area contributed by atoms with Crippen molar-refractivity contribution in [2.75, 3.05) is 0 Å². The van der Waals surface area contributed by atoms with Crippen LogP contribution in [-0.2, 0) is 5.11 Å². The maximum Gasteiger partial charge on any atom is 0.153 e. The molecule has 1 radical (unpaired) electrons. The summed E-state index contributed by atoms with van der Waals surface area (Å²) in [6, 6.07) is 0. The van der Waals surface area contributed by atoms with Crippen LogP contribution in [-0.4, -0.2) is 6.10 Å². The van der Waals surface area contributed by atoms with Gasteiger partial charge in [-0.25, -0.2) is 5.11 Å². The summed E-state index contributed by atoms with van der Waals surface area (Å²) in [6.45, 7) is 0. The van der Waals surface area contributed by atoms with Crippen molar-refractivity contribution in [3.63, 3.8) is 0 Å². The van der Waals surface area contributed by atoms with Crippen molar-refractivity contribution in [1.82, 2.24) is 0 Å². The lowest BCUT2D eigenvalue weighted by Crippen LogP contribution is -1.97. The minimum absolute atomic E-state index is 0.586. The van der Waals surface area contributed by atoms with Gasteiger partial charge in [-0.1, -0.05) is 5.92 Å². The molecule has 0 aromatic rings. The second-order valence-electron chi connectivity index (χ2n) is 2.06. The molecule has 0 fully saturated rings. The van der Waals surface area contributed by atoms with Gasteiger partial charge >= 0.3 is 0 Å². The lowest BCUT2D eigenvalue weighted by Gasteiger charge is -1.93. The molecule has 0 spiro atoms. The number of hydrogen-bond donors (Lipinski definition) is 0. The molecule has 0 bridgehead atoms. The largest absolute Gasteiger partial charge is 0.219 e. The average molecular weight is 109 g/mol. The smallest absolute Gasteiger partial charge is 0.153 e. The van der Waals surface area contributed by atoms with Gasteiger partial charge in [-0.15, -0.1) is 5.92 Å². The van der Waals surface area contributed by atoms with Crippen molar-refractivity contribution in [3.05, 3.63) is 0 Å². The van der Waals surface area contributed by atoms with Gasteiger partial charge in [-0.05, 0) is 19.3 Å². The molecule has 1 aliphatic carbocycles. The fraction of sp³-hybridized carbons (Fsp3) is 0.714. The molecule has 8 heavy (non-hydrogen) atoms.